The van der Waals surface area contributed by atoms with Gasteiger partial charge in [-0.3, -0.25) is 14.2 Å². The van der Waals surface area contributed by atoms with E-state index < -0.39 is 0 Å². The van der Waals surface area contributed by atoms with Crippen LogP contribution in [0.5, 0.6) is 0 Å². The molecule has 1 saturated carbocycles. The molecule has 1 unspecified atom stereocenters. The molecule has 190 valence electrons. The van der Waals surface area contributed by atoms with Gasteiger partial charge in [-0.1, -0.05) is 18.2 Å². The van der Waals surface area contributed by atoms with Gasteiger partial charge in [-0.15, -0.1) is 0 Å². The van der Waals surface area contributed by atoms with E-state index in [0.29, 0.717) is 25.3 Å². The standard InChI is InChI=1S/C28H31N7O2/c1-33-16-23(14-31-33)20-3-2-4-21(11-20)27-29-12-22(13-30-27)24-15-32-35(17-24)25-7-5-19(6-8-25)28(37)34-10-9-26(36)18-34/h2-4,11-17,19,25-26,36H,5-10,18H2,1H3. The molecular weight excluding hydrogens is 466 g/mol. The molecule has 2 aliphatic rings. The van der Waals surface area contributed by atoms with E-state index in [0.717, 1.165) is 53.5 Å². The van der Waals surface area contributed by atoms with Crippen LogP contribution >= 0.6 is 0 Å². The van der Waals surface area contributed by atoms with E-state index in [4.69, 9.17) is 0 Å². The van der Waals surface area contributed by atoms with Gasteiger partial charge in [0.05, 0.1) is 24.5 Å². The second-order valence-electron chi connectivity index (χ2n) is 10.2. The molecule has 1 aliphatic carbocycles. The molecule has 9 nitrogen and oxygen atoms in total. The maximum Gasteiger partial charge on any atom is 0.225 e. The highest BCUT2D eigenvalue weighted by atomic mass is 16.3. The number of hydrogen-bond donors (Lipinski definition) is 1. The van der Waals surface area contributed by atoms with Gasteiger partial charge in [-0.25, -0.2) is 9.97 Å². The van der Waals surface area contributed by atoms with Crippen molar-refractivity contribution in [3.05, 3.63) is 61.4 Å². The van der Waals surface area contributed by atoms with Crippen LogP contribution in [0.3, 0.4) is 0 Å². The van der Waals surface area contributed by atoms with E-state index in [1.807, 2.05) is 59.7 Å². The third-order valence-electron chi connectivity index (χ3n) is 7.64. The summed E-state index contributed by atoms with van der Waals surface area (Å²) in [5.41, 5.74) is 5.00. The molecule has 0 spiro atoms. The van der Waals surface area contributed by atoms with Crippen molar-refractivity contribution in [1.29, 1.82) is 0 Å². The minimum Gasteiger partial charge on any atom is -0.391 e. The summed E-state index contributed by atoms with van der Waals surface area (Å²) in [6, 6.07) is 8.45. The summed E-state index contributed by atoms with van der Waals surface area (Å²) >= 11 is 0. The van der Waals surface area contributed by atoms with Crippen molar-refractivity contribution < 1.29 is 9.90 Å². The maximum atomic E-state index is 12.8. The number of aliphatic hydroxyl groups excluding tert-OH is 1. The normalized spacial score (nSPS) is 21.9. The Kier molecular flexibility index (Phi) is 6.30. The van der Waals surface area contributed by atoms with Crippen molar-refractivity contribution in [2.75, 3.05) is 13.1 Å². The van der Waals surface area contributed by atoms with E-state index in [2.05, 4.69) is 38.5 Å². The second kappa shape index (κ2) is 9.89. The third-order valence-corrected chi connectivity index (χ3v) is 7.64. The number of amides is 1. The number of carbonyl (C=O) groups excluding carboxylic acids is 1. The summed E-state index contributed by atoms with van der Waals surface area (Å²) < 4.78 is 3.82. The molecular formula is C28H31N7O2. The highest BCUT2D eigenvalue weighted by molar-refractivity contribution is 5.79. The average Bonchev–Trinajstić information content (AvgIpc) is 3.70. The van der Waals surface area contributed by atoms with Crippen LogP contribution in [0.15, 0.2) is 61.4 Å². The molecule has 1 N–H and O–H groups in total. The molecule has 9 heteroatoms. The number of aryl methyl sites for hydroxylation is 1. The van der Waals surface area contributed by atoms with Crippen LogP contribution in [0.4, 0.5) is 0 Å². The molecule has 4 heterocycles. The molecule has 2 fully saturated rings. The fourth-order valence-electron chi connectivity index (χ4n) is 5.51. The highest BCUT2D eigenvalue weighted by Crippen LogP contribution is 2.34. The number of carbonyl (C=O) groups is 1. The topological polar surface area (TPSA) is 102 Å². The summed E-state index contributed by atoms with van der Waals surface area (Å²) in [5.74, 6) is 0.948. The van der Waals surface area contributed by atoms with Crippen molar-refractivity contribution in [2.24, 2.45) is 13.0 Å². The number of rotatable bonds is 5. The van der Waals surface area contributed by atoms with E-state index in [-0.39, 0.29) is 24.0 Å². The third kappa shape index (κ3) is 4.91. The SMILES string of the molecule is Cn1cc(-c2cccc(-c3ncc(-c4cnn(C5CCC(C(=O)N6CCC(O)C6)CC5)c4)cn3)c2)cn1. The Morgan fingerprint density at radius 1 is 0.865 bits per heavy atom. The number of nitrogens with zero attached hydrogens (tertiary/aromatic N) is 7. The predicted octanol–water partition coefficient (Wildman–Crippen LogP) is 3.73. The summed E-state index contributed by atoms with van der Waals surface area (Å²) in [5, 5.41) is 18.6. The van der Waals surface area contributed by atoms with Crippen molar-refractivity contribution in [3.63, 3.8) is 0 Å². The van der Waals surface area contributed by atoms with Gasteiger partial charge < -0.3 is 10.0 Å². The quantitative estimate of drug-likeness (QED) is 0.451. The Balaban J connectivity index is 1.10. The van der Waals surface area contributed by atoms with Gasteiger partial charge in [-0.2, -0.15) is 10.2 Å². The lowest BCUT2D eigenvalue weighted by atomic mass is 9.85. The van der Waals surface area contributed by atoms with Crippen LogP contribution in [0.2, 0.25) is 0 Å². The van der Waals surface area contributed by atoms with Crippen LogP contribution in [-0.2, 0) is 11.8 Å². The van der Waals surface area contributed by atoms with Gasteiger partial charge in [0.15, 0.2) is 5.82 Å². The smallest absolute Gasteiger partial charge is 0.225 e. The first kappa shape index (κ1) is 23.5. The first-order valence-corrected chi connectivity index (χ1v) is 13.0. The van der Waals surface area contributed by atoms with Crippen LogP contribution < -0.4 is 0 Å². The summed E-state index contributed by atoms with van der Waals surface area (Å²) in [6.45, 7) is 1.16. The van der Waals surface area contributed by atoms with Crippen LogP contribution in [0.25, 0.3) is 33.6 Å². The number of aromatic nitrogens is 6. The molecule has 1 aliphatic heterocycles. The van der Waals surface area contributed by atoms with Crippen LogP contribution in [0.1, 0.15) is 38.1 Å². The monoisotopic (exact) mass is 497 g/mol. The fraction of sp³-hybridized carbons (Fsp3) is 0.393. The Labute approximate surface area is 215 Å². The lowest BCUT2D eigenvalue weighted by molar-refractivity contribution is -0.136. The van der Waals surface area contributed by atoms with Gasteiger partial charge in [0, 0.05) is 73.1 Å². The van der Waals surface area contributed by atoms with Crippen molar-refractivity contribution in [3.8, 4) is 33.6 Å². The molecule has 4 aromatic rings. The Hall–Kier alpha value is -3.85. The van der Waals surface area contributed by atoms with Gasteiger partial charge in [0.2, 0.25) is 5.91 Å². The number of hydrogen-bond acceptors (Lipinski definition) is 6. The highest BCUT2D eigenvalue weighted by Gasteiger charge is 2.33. The van der Waals surface area contributed by atoms with E-state index >= 15 is 0 Å². The first-order chi connectivity index (χ1) is 18.0. The zero-order chi connectivity index (χ0) is 25.4. The molecule has 1 saturated heterocycles. The van der Waals surface area contributed by atoms with Gasteiger partial charge >= 0.3 is 0 Å². The summed E-state index contributed by atoms with van der Waals surface area (Å²) in [6.07, 6.45) is 15.4. The summed E-state index contributed by atoms with van der Waals surface area (Å²) in [4.78, 5) is 23.9. The zero-order valence-electron chi connectivity index (χ0n) is 20.9. The molecule has 0 radical (unpaired) electrons. The van der Waals surface area contributed by atoms with E-state index in [1.54, 1.807) is 4.68 Å². The number of β-amino-alcohol motifs (C(OH)–C–C–N with tert-alkyl or cyclic N) is 1. The molecule has 3 aromatic heterocycles. The van der Waals surface area contributed by atoms with Crippen molar-refractivity contribution in [2.45, 2.75) is 44.2 Å². The van der Waals surface area contributed by atoms with Crippen molar-refractivity contribution >= 4 is 5.91 Å². The first-order valence-electron chi connectivity index (χ1n) is 13.0. The lowest BCUT2D eigenvalue weighted by Gasteiger charge is -2.30. The number of aliphatic hydroxyl groups is 1. The Morgan fingerprint density at radius 3 is 2.30 bits per heavy atom. The Bertz CT molecular complexity index is 1390. The van der Waals surface area contributed by atoms with Crippen LogP contribution in [-0.4, -0.2) is 64.6 Å². The van der Waals surface area contributed by atoms with E-state index in [1.165, 1.54) is 0 Å². The number of likely N-dealkylation sites (tertiary alicyclic amines) is 1. The number of benzene rings is 1. The summed E-state index contributed by atoms with van der Waals surface area (Å²) in [7, 11) is 1.91. The van der Waals surface area contributed by atoms with E-state index in [9.17, 15) is 9.90 Å². The minimum atomic E-state index is -0.363. The predicted molar refractivity (Wildman–Crippen MR) is 139 cm³/mol. The molecule has 1 atom stereocenters. The van der Waals surface area contributed by atoms with Gasteiger partial charge in [0.25, 0.3) is 0 Å². The van der Waals surface area contributed by atoms with Crippen molar-refractivity contribution in [1.82, 2.24) is 34.4 Å². The maximum absolute atomic E-state index is 12.8. The molecule has 1 aromatic carbocycles. The molecule has 6 rings (SSSR count). The molecule has 0 bridgehead atoms. The largest absolute Gasteiger partial charge is 0.391 e. The van der Waals surface area contributed by atoms with Gasteiger partial charge in [0.1, 0.15) is 0 Å². The average molecular weight is 498 g/mol. The Morgan fingerprint density at radius 2 is 1.59 bits per heavy atom. The molecule has 37 heavy (non-hydrogen) atoms. The fourth-order valence-corrected chi connectivity index (χ4v) is 5.51. The minimum absolute atomic E-state index is 0.0641. The lowest BCUT2D eigenvalue weighted by Crippen LogP contribution is -2.37. The van der Waals surface area contributed by atoms with Gasteiger partial charge in [-0.05, 0) is 43.7 Å². The zero-order valence-corrected chi connectivity index (χ0v) is 20.9. The van der Waals surface area contributed by atoms with Crippen LogP contribution in [0, 0.1) is 5.92 Å². The second-order valence-corrected chi connectivity index (χ2v) is 10.2. The molecule has 1 amide bonds.